The quantitative estimate of drug-likeness (QED) is 0.764. The molecule has 1 aromatic rings. The molecule has 0 N–H and O–H groups in total. The molecule has 0 aromatic carbocycles. The maximum atomic E-state index is 12.2. The topological polar surface area (TPSA) is 72.9 Å². The molecule has 1 aromatic heterocycles. The number of nitrogens with zero attached hydrogens (tertiary/aromatic N) is 1. The van der Waals surface area contributed by atoms with Gasteiger partial charge in [0, 0.05) is 13.0 Å². The van der Waals surface area contributed by atoms with E-state index >= 15 is 0 Å². The number of methoxy groups -OCH3 is 2. The number of carbonyl (C=O) groups is 3. The Morgan fingerprint density at radius 1 is 1.40 bits per heavy atom. The van der Waals surface area contributed by atoms with E-state index in [-0.39, 0.29) is 18.7 Å². The Labute approximate surface area is 120 Å². The number of esters is 2. The van der Waals surface area contributed by atoms with Gasteiger partial charge in [-0.1, -0.05) is 0 Å². The van der Waals surface area contributed by atoms with Crippen LogP contribution in [0.3, 0.4) is 0 Å². The predicted octanol–water partition coefficient (Wildman–Crippen LogP) is 1.20. The highest BCUT2D eigenvalue weighted by atomic mass is 32.1. The molecule has 0 bridgehead atoms. The summed E-state index contributed by atoms with van der Waals surface area (Å²) in [5, 5.41) is 1.85. The van der Waals surface area contributed by atoms with E-state index in [4.69, 9.17) is 4.74 Å². The Morgan fingerprint density at radius 2 is 2.15 bits per heavy atom. The summed E-state index contributed by atoms with van der Waals surface area (Å²) in [4.78, 5) is 37.4. The number of carbonyl (C=O) groups excluding carboxylic acids is 3. The minimum absolute atomic E-state index is 0.0632. The maximum Gasteiger partial charge on any atom is 0.328 e. The fraction of sp³-hybridized carbons (Fsp3) is 0.462. The zero-order valence-corrected chi connectivity index (χ0v) is 12.1. The van der Waals surface area contributed by atoms with Crippen LogP contribution in [0.2, 0.25) is 0 Å². The highest BCUT2D eigenvalue weighted by Gasteiger charge is 2.37. The van der Waals surface area contributed by atoms with Crippen molar-refractivity contribution in [2.45, 2.75) is 25.4 Å². The first-order chi connectivity index (χ1) is 9.58. The van der Waals surface area contributed by atoms with E-state index in [1.807, 2.05) is 11.4 Å². The second-order valence-corrected chi connectivity index (χ2v) is 5.28. The van der Waals surface area contributed by atoms with Gasteiger partial charge in [-0.3, -0.25) is 9.59 Å². The number of rotatable bonds is 5. The molecular formula is C13H15NO5S. The first kappa shape index (κ1) is 14.5. The molecule has 7 heteroatoms. The Balaban J connectivity index is 2.12. The molecular weight excluding hydrogens is 282 g/mol. The van der Waals surface area contributed by atoms with Crippen LogP contribution in [-0.4, -0.2) is 43.0 Å². The summed E-state index contributed by atoms with van der Waals surface area (Å²) in [7, 11) is 2.55. The van der Waals surface area contributed by atoms with Crippen molar-refractivity contribution in [2.75, 3.05) is 14.2 Å². The van der Waals surface area contributed by atoms with Crippen molar-refractivity contribution in [3.63, 3.8) is 0 Å². The Hall–Kier alpha value is -1.89. The molecule has 0 saturated heterocycles. The van der Waals surface area contributed by atoms with E-state index in [0.717, 1.165) is 5.56 Å². The molecule has 1 amide bonds. The van der Waals surface area contributed by atoms with Crippen LogP contribution in [0.25, 0.3) is 0 Å². The third kappa shape index (κ3) is 2.67. The molecule has 2 heterocycles. The van der Waals surface area contributed by atoms with Gasteiger partial charge in [-0.05, 0) is 23.4 Å². The van der Waals surface area contributed by atoms with Gasteiger partial charge in [0.2, 0.25) is 0 Å². The molecule has 0 spiro atoms. The Kier molecular flexibility index (Phi) is 4.39. The standard InChI is InChI=1S/C13H15NO5S/c1-18-10(15)4-3-9(13(17)19-2)14-7-8-5-6-20-11(8)12(14)16/h5-6,9H,3-4,7H2,1-2H3/t9-/m0/s1. The molecule has 1 aliphatic heterocycles. The number of hydrogen-bond donors (Lipinski definition) is 0. The van der Waals surface area contributed by atoms with Gasteiger partial charge >= 0.3 is 11.9 Å². The van der Waals surface area contributed by atoms with Crippen molar-refractivity contribution in [1.82, 2.24) is 4.90 Å². The third-order valence-electron chi connectivity index (χ3n) is 3.24. The van der Waals surface area contributed by atoms with Crippen LogP contribution in [0, 0.1) is 0 Å². The van der Waals surface area contributed by atoms with Crippen LogP contribution in [-0.2, 0) is 25.6 Å². The molecule has 1 atom stereocenters. The molecule has 0 unspecified atom stereocenters. The van der Waals surface area contributed by atoms with Gasteiger partial charge in [0.05, 0.1) is 19.1 Å². The van der Waals surface area contributed by atoms with Crippen molar-refractivity contribution < 1.29 is 23.9 Å². The average Bonchev–Trinajstić information content (AvgIpc) is 3.02. The van der Waals surface area contributed by atoms with Crippen molar-refractivity contribution in [2.24, 2.45) is 0 Å². The molecule has 20 heavy (non-hydrogen) atoms. The first-order valence-corrected chi connectivity index (χ1v) is 6.98. The number of hydrogen-bond acceptors (Lipinski definition) is 6. The second kappa shape index (κ2) is 6.04. The molecule has 0 fully saturated rings. The molecule has 0 radical (unpaired) electrons. The minimum Gasteiger partial charge on any atom is -0.469 e. The van der Waals surface area contributed by atoms with Crippen LogP contribution < -0.4 is 0 Å². The zero-order valence-electron chi connectivity index (χ0n) is 11.3. The van der Waals surface area contributed by atoms with E-state index in [1.165, 1.54) is 30.5 Å². The predicted molar refractivity (Wildman–Crippen MR) is 71.2 cm³/mol. The molecule has 108 valence electrons. The number of fused-ring (bicyclic) bond motifs is 1. The normalized spacial score (nSPS) is 14.9. The minimum atomic E-state index is -0.758. The summed E-state index contributed by atoms with van der Waals surface area (Å²) in [6.07, 6.45) is 0.258. The largest absolute Gasteiger partial charge is 0.469 e. The van der Waals surface area contributed by atoms with E-state index in [1.54, 1.807) is 0 Å². The smallest absolute Gasteiger partial charge is 0.328 e. The summed E-state index contributed by atoms with van der Waals surface area (Å²) in [6, 6.07) is 1.11. The van der Waals surface area contributed by atoms with E-state index in [2.05, 4.69) is 4.74 Å². The van der Waals surface area contributed by atoms with E-state index < -0.39 is 18.0 Å². The van der Waals surface area contributed by atoms with Crippen LogP contribution >= 0.6 is 11.3 Å². The average molecular weight is 297 g/mol. The second-order valence-electron chi connectivity index (χ2n) is 4.36. The first-order valence-electron chi connectivity index (χ1n) is 6.10. The van der Waals surface area contributed by atoms with Crippen LogP contribution in [0.15, 0.2) is 11.4 Å². The number of amides is 1. The Morgan fingerprint density at radius 3 is 2.75 bits per heavy atom. The lowest BCUT2D eigenvalue weighted by molar-refractivity contribution is -0.147. The summed E-state index contributed by atoms with van der Waals surface area (Å²) >= 11 is 1.35. The van der Waals surface area contributed by atoms with Crippen LogP contribution in [0.5, 0.6) is 0 Å². The van der Waals surface area contributed by atoms with Crippen molar-refractivity contribution in [3.05, 3.63) is 21.9 Å². The number of ether oxygens (including phenoxy) is 2. The summed E-state index contributed by atoms with van der Waals surface area (Å²) < 4.78 is 9.29. The molecule has 0 aliphatic carbocycles. The van der Waals surface area contributed by atoms with Gasteiger partial charge in [0.15, 0.2) is 0 Å². The molecule has 6 nitrogen and oxygen atoms in total. The van der Waals surface area contributed by atoms with Crippen molar-refractivity contribution in [1.29, 1.82) is 0 Å². The highest BCUT2D eigenvalue weighted by molar-refractivity contribution is 7.12. The lowest BCUT2D eigenvalue weighted by Gasteiger charge is -2.25. The van der Waals surface area contributed by atoms with Crippen LogP contribution in [0.4, 0.5) is 0 Å². The molecule has 0 saturated carbocycles. The van der Waals surface area contributed by atoms with Gasteiger partial charge in [0.25, 0.3) is 5.91 Å². The Bertz CT molecular complexity index is 539. The van der Waals surface area contributed by atoms with Crippen molar-refractivity contribution in [3.8, 4) is 0 Å². The molecule has 1 aliphatic rings. The lowest BCUT2D eigenvalue weighted by atomic mass is 10.1. The van der Waals surface area contributed by atoms with Crippen LogP contribution in [0.1, 0.15) is 28.1 Å². The van der Waals surface area contributed by atoms with E-state index in [9.17, 15) is 14.4 Å². The fourth-order valence-corrected chi connectivity index (χ4v) is 3.05. The lowest BCUT2D eigenvalue weighted by Crippen LogP contribution is -2.42. The summed E-state index contributed by atoms with van der Waals surface area (Å²) in [5.41, 5.74) is 0.909. The SMILES string of the molecule is COC(=O)CC[C@@H](C(=O)OC)N1Cc2ccsc2C1=O. The monoisotopic (exact) mass is 297 g/mol. The van der Waals surface area contributed by atoms with Gasteiger partial charge in [-0.25, -0.2) is 4.79 Å². The third-order valence-corrected chi connectivity index (χ3v) is 4.19. The van der Waals surface area contributed by atoms with Gasteiger partial charge in [-0.2, -0.15) is 0 Å². The zero-order chi connectivity index (χ0) is 14.7. The molecule has 2 rings (SSSR count). The van der Waals surface area contributed by atoms with Gasteiger partial charge in [0.1, 0.15) is 6.04 Å². The van der Waals surface area contributed by atoms with Gasteiger partial charge in [-0.15, -0.1) is 11.3 Å². The number of thiophene rings is 1. The summed E-state index contributed by atoms with van der Waals surface area (Å²) in [5.74, 6) is -1.12. The summed E-state index contributed by atoms with van der Waals surface area (Å²) in [6.45, 7) is 0.374. The van der Waals surface area contributed by atoms with Crippen molar-refractivity contribution >= 4 is 29.2 Å². The van der Waals surface area contributed by atoms with E-state index in [0.29, 0.717) is 11.4 Å². The fourth-order valence-electron chi connectivity index (χ4n) is 2.18. The maximum absolute atomic E-state index is 12.2. The van der Waals surface area contributed by atoms with Gasteiger partial charge < -0.3 is 14.4 Å². The highest BCUT2D eigenvalue weighted by Crippen LogP contribution is 2.30.